The molecule has 5 nitrogen and oxygen atoms in total. The summed E-state index contributed by atoms with van der Waals surface area (Å²) in [5, 5.41) is 0. The second kappa shape index (κ2) is 8.36. The second-order valence-electron chi connectivity index (χ2n) is 6.88. The van der Waals surface area contributed by atoms with Gasteiger partial charge in [-0.3, -0.25) is 4.79 Å². The lowest BCUT2D eigenvalue weighted by atomic mass is 9.97. The highest BCUT2D eigenvalue weighted by molar-refractivity contribution is 7.89. The largest absolute Gasteiger partial charge is 0.340 e. The molecule has 150 valence electrons. The summed E-state index contributed by atoms with van der Waals surface area (Å²) >= 11 is 0. The molecule has 0 saturated carbocycles. The van der Waals surface area contributed by atoms with Crippen LogP contribution >= 0.6 is 0 Å². The Kier molecular flexibility index (Phi) is 6.10. The summed E-state index contributed by atoms with van der Waals surface area (Å²) in [6.45, 7) is 2.60. The van der Waals surface area contributed by atoms with Crippen LogP contribution in [0.15, 0.2) is 53.4 Å². The van der Waals surface area contributed by atoms with Gasteiger partial charge in [0.05, 0.1) is 0 Å². The van der Waals surface area contributed by atoms with Gasteiger partial charge in [0.2, 0.25) is 15.9 Å². The molecule has 1 saturated heterocycles. The molecule has 0 aromatic heterocycles. The van der Waals surface area contributed by atoms with Crippen LogP contribution < -0.4 is 0 Å². The molecule has 1 aliphatic rings. The van der Waals surface area contributed by atoms with E-state index in [0.717, 1.165) is 22.0 Å². The van der Waals surface area contributed by atoms with Crippen LogP contribution in [-0.2, 0) is 14.8 Å². The molecule has 1 heterocycles. The van der Waals surface area contributed by atoms with E-state index in [2.05, 4.69) is 0 Å². The van der Waals surface area contributed by atoms with Crippen molar-refractivity contribution >= 4 is 15.9 Å². The second-order valence-corrected chi connectivity index (χ2v) is 8.78. The van der Waals surface area contributed by atoms with E-state index in [1.54, 1.807) is 4.90 Å². The SMILES string of the molecule is C[C@H](CC(=O)N1CCN(S(=O)(=O)c2ccc(F)cc2F)CC1)c1ccccc1. The molecule has 28 heavy (non-hydrogen) atoms. The lowest BCUT2D eigenvalue weighted by Crippen LogP contribution is -2.50. The fourth-order valence-electron chi connectivity index (χ4n) is 3.29. The average Bonchev–Trinajstić information content (AvgIpc) is 2.68. The first-order valence-corrected chi connectivity index (χ1v) is 10.5. The van der Waals surface area contributed by atoms with Crippen molar-refractivity contribution in [3.63, 3.8) is 0 Å². The van der Waals surface area contributed by atoms with Crippen LogP contribution in [0.25, 0.3) is 0 Å². The van der Waals surface area contributed by atoms with Gasteiger partial charge >= 0.3 is 0 Å². The quantitative estimate of drug-likeness (QED) is 0.764. The highest BCUT2D eigenvalue weighted by atomic mass is 32.2. The molecule has 2 aromatic carbocycles. The van der Waals surface area contributed by atoms with Crippen LogP contribution in [0.3, 0.4) is 0 Å². The lowest BCUT2D eigenvalue weighted by molar-refractivity contribution is -0.132. The molecule has 8 heteroatoms. The van der Waals surface area contributed by atoms with Gasteiger partial charge in [-0.25, -0.2) is 17.2 Å². The Balaban J connectivity index is 1.61. The Morgan fingerprint density at radius 2 is 1.68 bits per heavy atom. The number of nitrogens with zero attached hydrogens (tertiary/aromatic N) is 2. The first-order chi connectivity index (χ1) is 13.3. The highest BCUT2D eigenvalue weighted by Gasteiger charge is 2.32. The van der Waals surface area contributed by atoms with Gasteiger partial charge in [0, 0.05) is 38.7 Å². The molecular formula is C20H22F2N2O3S. The van der Waals surface area contributed by atoms with Crippen LogP contribution in [-0.4, -0.2) is 49.7 Å². The number of hydrogen-bond acceptors (Lipinski definition) is 3. The summed E-state index contributed by atoms with van der Waals surface area (Å²) < 4.78 is 53.3. The average molecular weight is 408 g/mol. The number of amides is 1. The molecule has 0 aliphatic carbocycles. The van der Waals surface area contributed by atoms with E-state index in [4.69, 9.17) is 0 Å². The van der Waals surface area contributed by atoms with Gasteiger partial charge in [-0.05, 0) is 23.6 Å². The van der Waals surface area contributed by atoms with Crippen molar-refractivity contribution in [1.29, 1.82) is 0 Å². The molecule has 2 aromatic rings. The van der Waals surface area contributed by atoms with Crippen LogP contribution in [0.1, 0.15) is 24.8 Å². The predicted molar refractivity (Wildman–Crippen MR) is 101 cm³/mol. The van der Waals surface area contributed by atoms with Gasteiger partial charge in [0.25, 0.3) is 0 Å². The van der Waals surface area contributed by atoms with E-state index in [9.17, 15) is 22.0 Å². The fourth-order valence-corrected chi connectivity index (χ4v) is 4.76. The first kappa shape index (κ1) is 20.4. The van der Waals surface area contributed by atoms with Gasteiger partial charge in [-0.1, -0.05) is 37.3 Å². The minimum Gasteiger partial charge on any atom is -0.340 e. The van der Waals surface area contributed by atoms with Crippen LogP contribution in [0.2, 0.25) is 0 Å². The minimum atomic E-state index is -4.07. The standard InChI is InChI=1S/C20H22F2N2O3S/c1-15(16-5-3-2-4-6-16)13-20(25)23-9-11-24(12-10-23)28(26,27)19-8-7-17(21)14-18(19)22/h2-8,14-15H,9-13H2,1H3/t15-/m1/s1. The molecule has 0 unspecified atom stereocenters. The maximum Gasteiger partial charge on any atom is 0.246 e. The summed E-state index contributed by atoms with van der Waals surface area (Å²) in [6, 6.07) is 12.1. The molecule has 0 spiro atoms. The van der Waals surface area contributed by atoms with Gasteiger partial charge in [-0.2, -0.15) is 4.31 Å². The Morgan fingerprint density at radius 3 is 2.29 bits per heavy atom. The molecule has 0 N–H and O–H groups in total. The van der Waals surface area contributed by atoms with Crippen LogP contribution in [0, 0.1) is 11.6 Å². The normalized spacial score (nSPS) is 16.8. The van der Waals surface area contributed by atoms with Crippen molar-refractivity contribution in [2.24, 2.45) is 0 Å². The van der Waals surface area contributed by atoms with E-state index in [1.165, 1.54) is 0 Å². The summed E-state index contributed by atoms with van der Waals surface area (Å²) in [4.78, 5) is 13.6. The summed E-state index contributed by atoms with van der Waals surface area (Å²) in [5.74, 6) is -1.93. The van der Waals surface area contributed by atoms with E-state index < -0.39 is 26.6 Å². The number of hydrogen-bond donors (Lipinski definition) is 0. The summed E-state index contributed by atoms with van der Waals surface area (Å²) in [6.07, 6.45) is 0.337. The maximum atomic E-state index is 13.9. The number of halogens is 2. The van der Waals surface area contributed by atoms with Crippen molar-refractivity contribution in [2.75, 3.05) is 26.2 Å². The molecule has 1 fully saturated rings. The Labute approximate surface area is 163 Å². The fraction of sp³-hybridized carbons (Fsp3) is 0.350. The van der Waals surface area contributed by atoms with Gasteiger partial charge in [0.1, 0.15) is 16.5 Å². The number of piperazine rings is 1. The number of rotatable bonds is 5. The first-order valence-electron chi connectivity index (χ1n) is 9.07. The zero-order valence-corrected chi connectivity index (χ0v) is 16.3. The van der Waals surface area contributed by atoms with E-state index in [-0.39, 0.29) is 38.0 Å². The number of benzene rings is 2. The van der Waals surface area contributed by atoms with Gasteiger partial charge in [-0.15, -0.1) is 0 Å². The Bertz CT molecular complexity index is 943. The molecule has 1 atom stereocenters. The third-order valence-corrected chi connectivity index (χ3v) is 6.88. The van der Waals surface area contributed by atoms with Crippen molar-refractivity contribution in [3.05, 3.63) is 65.7 Å². The molecule has 0 bridgehead atoms. The van der Waals surface area contributed by atoms with Crippen molar-refractivity contribution in [2.45, 2.75) is 24.2 Å². The van der Waals surface area contributed by atoms with E-state index in [1.807, 2.05) is 37.3 Å². The van der Waals surface area contributed by atoms with E-state index >= 15 is 0 Å². The van der Waals surface area contributed by atoms with Gasteiger partial charge < -0.3 is 4.90 Å². The molecule has 0 radical (unpaired) electrons. The van der Waals surface area contributed by atoms with Crippen molar-refractivity contribution < 1.29 is 22.0 Å². The van der Waals surface area contributed by atoms with Crippen LogP contribution in [0.4, 0.5) is 8.78 Å². The number of carbonyl (C=O) groups is 1. The zero-order valence-electron chi connectivity index (χ0n) is 15.5. The number of carbonyl (C=O) groups excluding carboxylic acids is 1. The lowest BCUT2D eigenvalue weighted by Gasteiger charge is -2.34. The van der Waals surface area contributed by atoms with Gasteiger partial charge in [0.15, 0.2) is 0 Å². The number of sulfonamides is 1. The monoisotopic (exact) mass is 408 g/mol. The summed E-state index contributed by atoms with van der Waals surface area (Å²) in [5.41, 5.74) is 1.07. The minimum absolute atomic E-state index is 0.0404. The van der Waals surface area contributed by atoms with Crippen molar-refractivity contribution in [3.8, 4) is 0 Å². The Morgan fingerprint density at radius 1 is 1.04 bits per heavy atom. The Hall–Kier alpha value is -2.32. The molecule has 1 aliphatic heterocycles. The van der Waals surface area contributed by atoms with Crippen molar-refractivity contribution in [1.82, 2.24) is 9.21 Å². The zero-order chi connectivity index (χ0) is 20.3. The predicted octanol–water partition coefficient (Wildman–Crippen LogP) is 2.99. The third kappa shape index (κ3) is 4.39. The third-order valence-electron chi connectivity index (χ3n) is 4.95. The topological polar surface area (TPSA) is 57.7 Å². The maximum absolute atomic E-state index is 13.9. The molecule has 3 rings (SSSR count). The highest BCUT2D eigenvalue weighted by Crippen LogP contribution is 2.23. The van der Waals surface area contributed by atoms with Crippen LogP contribution in [0.5, 0.6) is 0 Å². The van der Waals surface area contributed by atoms with E-state index in [0.29, 0.717) is 12.5 Å². The molecular weight excluding hydrogens is 386 g/mol. The molecule has 1 amide bonds. The summed E-state index contributed by atoms with van der Waals surface area (Å²) in [7, 11) is -4.07. The smallest absolute Gasteiger partial charge is 0.246 e.